The second-order valence-electron chi connectivity index (χ2n) is 6.23. The summed E-state index contributed by atoms with van der Waals surface area (Å²) in [6.45, 7) is 4.72. The second-order valence-corrected chi connectivity index (χ2v) is 6.64. The summed E-state index contributed by atoms with van der Waals surface area (Å²) in [6, 6.07) is 9.19. The van der Waals surface area contributed by atoms with Crippen LogP contribution in [0.3, 0.4) is 0 Å². The van der Waals surface area contributed by atoms with Crippen LogP contribution in [-0.2, 0) is 0 Å². The van der Waals surface area contributed by atoms with Crippen LogP contribution in [-0.4, -0.2) is 24.7 Å². The Kier molecular flexibility index (Phi) is 5.48. The Bertz CT molecular complexity index is 684. The monoisotopic (exact) mass is 348 g/mol. The highest BCUT2D eigenvalue weighted by atomic mass is 32.1. The molecule has 1 atom stereocenters. The topological polar surface area (TPSA) is 41.6 Å². The first-order chi connectivity index (χ1) is 11.6. The molecular weight excluding hydrogens is 325 g/mol. The number of furan rings is 1. The van der Waals surface area contributed by atoms with Crippen molar-refractivity contribution in [2.24, 2.45) is 0 Å². The Morgan fingerprint density at radius 3 is 2.79 bits per heavy atom. The minimum absolute atomic E-state index is 0.233. The number of benzene rings is 1. The van der Waals surface area contributed by atoms with Gasteiger partial charge < -0.3 is 20.0 Å². The van der Waals surface area contributed by atoms with Crippen molar-refractivity contribution in [1.29, 1.82) is 0 Å². The highest BCUT2D eigenvalue weighted by molar-refractivity contribution is 7.80. The maximum atomic E-state index is 13.6. The summed E-state index contributed by atoms with van der Waals surface area (Å²) in [5, 5.41) is 6.78. The molecule has 2 aromatic rings. The van der Waals surface area contributed by atoms with E-state index >= 15 is 0 Å². The Morgan fingerprint density at radius 2 is 2.12 bits per heavy atom. The molecule has 1 aliphatic rings. The Morgan fingerprint density at radius 1 is 1.33 bits per heavy atom. The predicted molar refractivity (Wildman–Crippen MR) is 96.7 cm³/mol. The second kappa shape index (κ2) is 7.77. The van der Waals surface area contributed by atoms with Crippen molar-refractivity contribution in [3.05, 3.63) is 53.7 Å². The Labute approximate surface area is 147 Å². The molecule has 1 fully saturated rings. The number of anilines is 1. The fourth-order valence-electron chi connectivity index (χ4n) is 3.15. The van der Waals surface area contributed by atoms with E-state index in [1.165, 1.54) is 23.8 Å². The lowest BCUT2D eigenvalue weighted by atomic mass is 10.2. The largest absolute Gasteiger partial charge is 0.463 e. The quantitative estimate of drug-likeness (QED) is 0.726. The maximum absolute atomic E-state index is 13.6. The smallest absolute Gasteiger partial charge is 0.171 e. The minimum Gasteiger partial charge on any atom is -0.463 e. The zero-order valence-corrected chi connectivity index (χ0v) is 14.6. The van der Waals surface area contributed by atoms with Crippen LogP contribution in [0.1, 0.15) is 30.2 Å². The molecule has 128 valence electrons. The van der Waals surface area contributed by atoms with E-state index < -0.39 is 0 Å². The van der Waals surface area contributed by atoms with E-state index in [0.717, 1.165) is 18.8 Å². The summed E-state index contributed by atoms with van der Waals surface area (Å²) in [4.78, 5) is 1.52. The predicted octanol–water partition coefficient (Wildman–Crippen LogP) is 2.43. The van der Waals surface area contributed by atoms with Crippen molar-refractivity contribution >= 4 is 23.0 Å². The number of quaternary nitrogens is 1. The van der Waals surface area contributed by atoms with Crippen LogP contribution in [0.2, 0.25) is 0 Å². The van der Waals surface area contributed by atoms with Gasteiger partial charge in [0.2, 0.25) is 0 Å². The molecule has 1 saturated heterocycles. The van der Waals surface area contributed by atoms with Gasteiger partial charge in [-0.1, -0.05) is 6.07 Å². The number of hydrogen-bond acceptors (Lipinski definition) is 2. The summed E-state index contributed by atoms with van der Waals surface area (Å²) in [5.74, 6) is 0.737. The van der Waals surface area contributed by atoms with Crippen molar-refractivity contribution in [2.45, 2.75) is 25.8 Å². The van der Waals surface area contributed by atoms with E-state index in [2.05, 4.69) is 10.6 Å². The van der Waals surface area contributed by atoms with E-state index in [-0.39, 0.29) is 11.9 Å². The van der Waals surface area contributed by atoms with Crippen molar-refractivity contribution in [3.63, 3.8) is 0 Å². The number of hydrogen-bond donors (Lipinski definition) is 3. The molecule has 0 aliphatic carbocycles. The van der Waals surface area contributed by atoms with Gasteiger partial charge in [-0.15, -0.1) is 0 Å². The van der Waals surface area contributed by atoms with Gasteiger partial charge in [-0.25, -0.2) is 4.39 Å². The maximum Gasteiger partial charge on any atom is 0.171 e. The normalized spacial score (nSPS) is 16.1. The highest BCUT2D eigenvalue weighted by Crippen LogP contribution is 2.14. The lowest BCUT2D eigenvalue weighted by molar-refractivity contribution is -0.919. The van der Waals surface area contributed by atoms with E-state index in [4.69, 9.17) is 16.6 Å². The number of halogens is 1. The summed E-state index contributed by atoms with van der Waals surface area (Å²) < 4.78 is 19.2. The zero-order valence-electron chi connectivity index (χ0n) is 13.8. The van der Waals surface area contributed by atoms with E-state index in [9.17, 15) is 4.39 Å². The van der Waals surface area contributed by atoms with Crippen LogP contribution in [0.25, 0.3) is 0 Å². The van der Waals surface area contributed by atoms with Gasteiger partial charge in [-0.3, -0.25) is 0 Å². The molecule has 3 N–H and O–H groups in total. The molecule has 0 unspecified atom stereocenters. The highest BCUT2D eigenvalue weighted by Gasteiger charge is 2.29. The summed E-state index contributed by atoms with van der Waals surface area (Å²) in [7, 11) is 0. The molecule has 1 aromatic carbocycles. The molecule has 1 aromatic heterocycles. The molecule has 0 saturated carbocycles. The molecule has 0 spiro atoms. The van der Waals surface area contributed by atoms with E-state index in [1.54, 1.807) is 19.3 Å². The average molecular weight is 348 g/mol. The van der Waals surface area contributed by atoms with Crippen LogP contribution in [0.15, 0.2) is 41.0 Å². The minimum atomic E-state index is -0.238. The van der Waals surface area contributed by atoms with Gasteiger partial charge >= 0.3 is 0 Å². The van der Waals surface area contributed by atoms with Gasteiger partial charge in [0.25, 0.3) is 0 Å². The standard InChI is InChI=1S/C18H22FN3OS/c1-13-6-7-14(11-15(13)19)21-18(24)20-12-16(17-5-4-10-23-17)22-8-2-3-9-22/h4-7,10-11,16H,2-3,8-9,12H2,1H3,(H2,20,21,24)/p+1/t16-/m1/s1. The lowest BCUT2D eigenvalue weighted by Crippen LogP contribution is -3.11. The number of likely N-dealkylation sites (tertiary alicyclic amines) is 1. The van der Waals surface area contributed by atoms with Gasteiger partial charge in [-0.2, -0.15) is 0 Å². The number of thiocarbonyl (C=S) groups is 1. The molecule has 6 heteroatoms. The number of nitrogens with one attached hydrogen (secondary N) is 3. The van der Waals surface area contributed by atoms with Crippen molar-refractivity contribution in [2.75, 3.05) is 25.0 Å². The average Bonchev–Trinajstić information content (AvgIpc) is 3.25. The molecule has 2 heterocycles. The molecule has 1 aliphatic heterocycles. The van der Waals surface area contributed by atoms with Gasteiger partial charge in [0.05, 0.1) is 25.9 Å². The van der Waals surface area contributed by atoms with E-state index in [1.807, 2.05) is 18.2 Å². The van der Waals surface area contributed by atoms with Crippen molar-refractivity contribution < 1.29 is 13.7 Å². The van der Waals surface area contributed by atoms with Crippen molar-refractivity contribution in [1.82, 2.24) is 5.32 Å². The van der Waals surface area contributed by atoms with Gasteiger partial charge in [0, 0.05) is 18.5 Å². The molecule has 0 radical (unpaired) electrons. The Hall–Kier alpha value is -1.92. The number of aryl methyl sites for hydroxylation is 1. The van der Waals surface area contributed by atoms with Gasteiger partial charge in [0.15, 0.2) is 16.9 Å². The number of rotatable bonds is 5. The Balaban J connectivity index is 1.59. The summed E-state index contributed by atoms with van der Waals surface area (Å²) in [6.07, 6.45) is 4.21. The molecule has 0 amide bonds. The molecular formula is C18H23FN3OS+. The van der Waals surface area contributed by atoms with Crippen molar-refractivity contribution in [3.8, 4) is 0 Å². The fraction of sp³-hybridized carbons (Fsp3) is 0.389. The van der Waals surface area contributed by atoms with Gasteiger partial charge in [-0.05, 0) is 49.0 Å². The molecule has 24 heavy (non-hydrogen) atoms. The van der Waals surface area contributed by atoms with Crippen LogP contribution >= 0.6 is 12.2 Å². The fourth-order valence-corrected chi connectivity index (χ4v) is 3.36. The van der Waals surface area contributed by atoms with Gasteiger partial charge in [0.1, 0.15) is 5.82 Å². The van der Waals surface area contributed by atoms with Crippen LogP contribution < -0.4 is 15.5 Å². The first kappa shape index (κ1) is 16.9. The third-order valence-corrected chi connectivity index (χ3v) is 4.77. The van der Waals surface area contributed by atoms with Crippen LogP contribution in [0, 0.1) is 12.7 Å². The first-order valence-electron chi connectivity index (χ1n) is 8.32. The lowest BCUT2D eigenvalue weighted by Gasteiger charge is -2.23. The molecule has 0 bridgehead atoms. The molecule has 3 rings (SSSR count). The van der Waals surface area contributed by atoms with Crippen LogP contribution in [0.4, 0.5) is 10.1 Å². The molecule has 4 nitrogen and oxygen atoms in total. The summed E-state index contributed by atoms with van der Waals surface area (Å²) in [5.41, 5.74) is 1.27. The SMILES string of the molecule is Cc1ccc(NC(=S)NC[C@H](c2ccco2)[NH+]2CCCC2)cc1F. The van der Waals surface area contributed by atoms with Crippen LogP contribution in [0.5, 0.6) is 0 Å². The summed E-state index contributed by atoms with van der Waals surface area (Å²) >= 11 is 5.35. The third kappa shape index (κ3) is 4.13. The van der Waals surface area contributed by atoms with E-state index in [0.29, 0.717) is 22.9 Å². The first-order valence-corrected chi connectivity index (χ1v) is 8.73. The zero-order chi connectivity index (χ0) is 16.9. The third-order valence-electron chi connectivity index (χ3n) is 4.52.